The molecule has 10 nitrogen and oxygen atoms in total. The Morgan fingerprint density at radius 1 is 1.50 bits per heavy atom. The van der Waals surface area contributed by atoms with Crippen LogP contribution in [0, 0.1) is 0 Å². The minimum atomic E-state index is -4.85. The molecule has 2 aliphatic rings. The number of nitrogens with one attached hydrogen (secondary N) is 1. The number of amides is 2. The highest BCUT2D eigenvalue weighted by Crippen LogP contribution is 2.42. The van der Waals surface area contributed by atoms with Gasteiger partial charge in [0.25, 0.3) is 0 Å². The van der Waals surface area contributed by atoms with Gasteiger partial charge < -0.3 is 30.1 Å². The van der Waals surface area contributed by atoms with Crippen LogP contribution in [0.25, 0.3) is 0 Å². The quantitative estimate of drug-likeness (QED) is 0.373. The first-order valence-electron chi connectivity index (χ1n) is 6.06. The molecule has 0 aromatic heterocycles. The number of rotatable bonds is 4. The van der Waals surface area contributed by atoms with Crippen LogP contribution in [0.5, 0.6) is 0 Å². The van der Waals surface area contributed by atoms with Crippen LogP contribution in [0.4, 0.5) is 4.79 Å². The molecular formula is C9H17N2O8P. The Labute approximate surface area is 114 Å². The smallest absolute Gasteiger partial charge is 0.394 e. The van der Waals surface area contributed by atoms with Crippen molar-refractivity contribution < 1.29 is 38.6 Å². The van der Waals surface area contributed by atoms with Crippen molar-refractivity contribution in [3.8, 4) is 0 Å². The van der Waals surface area contributed by atoms with Gasteiger partial charge in [0.2, 0.25) is 0 Å². The first kappa shape index (κ1) is 15.6. The molecule has 0 unspecified atom stereocenters. The highest BCUT2D eigenvalue weighted by atomic mass is 31.2. The second-order valence-electron chi connectivity index (χ2n) is 4.58. The molecular weight excluding hydrogens is 295 g/mol. The molecule has 2 saturated heterocycles. The lowest BCUT2D eigenvalue weighted by atomic mass is 10.1. The van der Waals surface area contributed by atoms with Crippen molar-refractivity contribution in [2.24, 2.45) is 0 Å². The fourth-order valence-corrected chi connectivity index (χ4v) is 2.88. The molecule has 2 heterocycles. The highest BCUT2D eigenvalue weighted by Gasteiger charge is 2.50. The number of phosphoric acid groups is 1. The van der Waals surface area contributed by atoms with Gasteiger partial charge in [0.15, 0.2) is 6.23 Å². The first-order chi connectivity index (χ1) is 9.33. The van der Waals surface area contributed by atoms with Crippen molar-refractivity contribution in [1.82, 2.24) is 10.2 Å². The van der Waals surface area contributed by atoms with Gasteiger partial charge >= 0.3 is 13.9 Å². The molecule has 0 radical (unpaired) electrons. The molecule has 2 fully saturated rings. The van der Waals surface area contributed by atoms with Gasteiger partial charge in [-0.15, -0.1) is 0 Å². The van der Waals surface area contributed by atoms with Crippen LogP contribution in [0.1, 0.15) is 6.42 Å². The summed E-state index contributed by atoms with van der Waals surface area (Å²) >= 11 is 0. The van der Waals surface area contributed by atoms with E-state index in [1.54, 1.807) is 0 Å². The second kappa shape index (κ2) is 5.94. The molecule has 5 N–H and O–H groups in total. The van der Waals surface area contributed by atoms with Crippen LogP contribution in [0.15, 0.2) is 0 Å². The number of carbonyl (C=O) groups excluding carboxylic acids is 1. The zero-order valence-corrected chi connectivity index (χ0v) is 11.3. The SMILES string of the molecule is O=C1NCCCN1[C@@H]1O[C@H](CO)[C@@H](OP(=O)(O)O)[C@H]1O. The normalized spacial score (nSPS) is 35.2. The van der Waals surface area contributed by atoms with Crippen molar-refractivity contribution in [3.63, 3.8) is 0 Å². The lowest BCUT2D eigenvalue weighted by molar-refractivity contribution is -0.0818. The number of carbonyl (C=O) groups is 1. The largest absolute Gasteiger partial charge is 0.470 e. The van der Waals surface area contributed by atoms with Crippen LogP contribution in [0.2, 0.25) is 0 Å². The van der Waals surface area contributed by atoms with Crippen LogP contribution < -0.4 is 5.32 Å². The van der Waals surface area contributed by atoms with E-state index in [9.17, 15) is 14.5 Å². The Kier molecular flexibility index (Phi) is 4.65. The third-order valence-electron chi connectivity index (χ3n) is 3.17. The first-order valence-corrected chi connectivity index (χ1v) is 7.59. The summed E-state index contributed by atoms with van der Waals surface area (Å²) in [5.41, 5.74) is 0. The topological polar surface area (TPSA) is 149 Å². The standard InChI is InChI=1S/C9H17N2O8P/c12-4-5-7(19-20(15,16)17)6(13)8(18-5)11-3-1-2-10-9(11)14/h5-8,12-13H,1-4H2,(H,10,14)(H2,15,16,17)/t5-,6-,7-,8-/m1/s1. The summed E-state index contributed by atoms with van der Waals surface area (Å²) in [6.45, 7) is 0.228. The molecule has 0 aromatic carbocycles. The lowest BCUT2D eigenvalue weighted by Crippen LogP contribution is -2.55. The van der Waals surface area contributed by atoms with E-state index < -0.39 is 45.0 Å². The molecule has 2 rings (SSSR count). The minimum absolute atomic E-state index is 0.328. The van der Waals surface area contributed by atoms with Gasteiger partial charge in [-0.05, 0) is 6.42 Å². The molecule has 0 aliphatic carbocycles. The van der Waals surface area contributed by atoms with Crippen molar-refractivity contribution >= 4 is 13.9 Å². The fraction of sp³-hybridized carbons (Fsp3) is 0.889. The van der Waals surface area contributed by atoms with E-state index >= 15 is 0 Å². The Morgan fingerprint density at radius 2 is 2.20 bits per heavy atom. The predicted molar refractivity (Wildman–Crippen MR) is 63.4 cm³/mol. The van der Waals surface area contributed by atoms with Crippen LogP contribution in [0.3, 0.4) is 0 Å². The van der Waals surface area contributed by atoms with E-state index in [0.29, 0.717) is 19.5 Å². The van der Waals surface area contributed by atoms with Gasteiger partial charge in [-0.3, -0.25) is 9.42 Å². The molecule has 116 valence electrons. The number of urea groups is 1. The third kappa shape index (κ3) is 3.29. The van der Waals surface area contributed by atoms with Gasteiger partial charge in [0.1, 0.15) is 18.3 Å². The number of aliphatic hydroxyl groups is 2. The molecule has 0 spiro atoms. The molecule has 0 bridgehead atoms. The predicted octanol–water partition coefficient (Wildman–Crippen LogP) is -2.04. The Hall–Kier alpha value is -0.740. The Morgan fingerprint density at radius 3 is 2.75 bits per heavy atom. The summed E-state index contributed by atoms with van der Waals surface area (Å²) in [6.07, 6.45) is -4.49. The Balaban J connectivity index is 2.12. The lowest BCUT2D eigenvalue weighted by Gasteiger charge is -2.33. The summed E-state index contributed by atoms with van der Waals surface area (Å²) < 4.78 is 20.6. The fourth-order valence-electron chi connectivity index (χ4n) is 2.30. The highest BCUT2D eigenvalue weighted by molar-refractivity contribution is 7.46. The van der Waals surface area contributed by atoms with E-state index in [1.165, 1.54) is 4.90 Å². The number of ether oxygens (including phenoxy) is 1. The molecule has 2 aliphatic heterocycles. The molecule has 0 aromatic rings. The van der Waals surface area contributed by atoms with Gasteiger partial charge in [-0.1, -0.05) is 0 Å². The van der Waals surface area contributed by atoms with E-state index in [-0.39, 0.29) is 0 Å². The van der Waals surface area contributed by atoms with E-state index in [0.717, 1.165) is 0 Å². The van der Waals surface area contributed by atoms with Crippen molar-refractivity contribution in [2.75, 3.05) is 19.7 Å². The molecule has 20 heavy (non-hydrogen) atoms. The number of hydrogen-bond donors (Lipinski definition) is 5. The summed E-state index contributed by atoms with van der Waals surface area (Å²) in [5, 5.41) is 21.8. The van der Waals surface area contributed by atoms with E-state index in [2.05, 4.69) is 9.84 Å². The van der Waals surface area contributed by atoms with Crippen LogP contribution in [-0.4, -0.2) is 75.2 Å². The van der Waals surface area contributed by atoms with Gasteiger partial charge in [0, 0.05) is 13.1 Å². The van der Waals surface area contributed by atoms with Gasteiger partial charge in [-0.25, -0.2) is 9.36 Å². The van der Waals surface area contributed by atoms with E-state index in [1.807, 2.05) is 0 Å². The molecule has 0 saturated carbocycles. The minimum Gasteiger partial charge on any atom is -0.394 e. The van der Waals surface area contributed by atoms with Crippen molar-refractivity contribution in [2.45, 2.75) is 31.0 Å². The summed E-state index contributed by atoms with van der Waals surface area (Å²) in [7, 11) is -4.85. The third-order valence-corrected chi connectivity index (χ3v) is 3.69. The molecule has 4 atom stereocenters. The van der Waals surface area contributed by atoms with Crippen LogP contribution >= 0.6 is 7.82 Å². The summed E-state index contributed by atoms with van der Waals surface area (Å²) in [5.74, 6) is 0. The summed E-state index contributed by atoms with van der Waals surface area (Å²) in [4.78, 5) is 30.5. The average molecular weight is 312 g/mol. The van der Waals surface area contributed by atoms with Crippen molar-refractivity contribution in [1.29, 1.82) is 0 Å². The number of nitrogens with zero attached hydrogens (tertiary/aromatic N) is 1. The molecule has 11 heteroatoms. The van der Waals surface area contributed by atoms with Gasteiger partial charge in [0.05, 0.1) is 6.61 Å². The maximum absolute atomic E-state index is 11.7. The zero-order chi connectivity index (χ0) is 14.9. The molecule has 2 amide bonds. The van der Waals surface area contributed by atoms with Gasteiger partial charge in [-0.2, -0.15) is 0 Å². The summed E-state index contributed by atoms with van der Waals surface area (Å²) in [6, 6.07) is -0.450. The van der Waals surface area contributed by atoms with Crippen LogP contribution in [-0.2, 0) is 13.8 Å². The maximum atomic E-state index is 11.7. The zero-order valence-electron chi connectivity index (χ0n) is 10.5. The number of hydrogen-bond acceptors (Lipinski definition) is 6. The number of phosphoric ester groups is 1. The number of aliphatic hydroxyl groups excluding tert-OH is 2. The Bertz CT molecular complexity index is 415. The average Bonchev–Trinajstić information content (AvgIpc) is 2.66. The monoisotopic (exact) mass is 312 g/mol. The van der Waals surface area contributed by atoms with Crippen molar-refractivity contribution in [3.05, 3.63) is 0 Å². The second-order valence-corrected chi connectivity index (χ2v) is 5.77. The maximum Gasteiger partial charge on any atom is 0.470 e. The van der Waals surface area contributed by atoms with E-state index in [4.69, 9.17) is 19.6 Å².